The Labute approximate surface area is 139 Å². The number of hydrogen-bond acceptors (Lipinski definition) is 3. The maximum atomic E-state index is 13.4. The van der Waals surface area contributed by atoms with Gasteiger partial charge in [-0.25, -0.2) is 9.37 Å². The van der Waals surface area contributed by atoms with Gasteiger partial charge in [0, 0.05) is 6.54 Å². The topological polar surface area (TPSA) is 55.7 Å². The van der Waals surface area contributed by atoms with E-state index in [0.717, 1.165) is 42.8 Å². The van der Waals surface area contributed by atoms with Crippen molar-refractivity contribution in [2.75, 3.05) is 6.54 Å². The molecule has 1 fully saturated rings. The summed E-state index contributed by atoms with van der Waals surface area (Å²) in [6.07, 6.45) is 2.16. The van der Waals surface area contributed by atoms with Crippen LogP contribution in [0.4, 0.5) is 4.39 Å². The number of nitrogens with zero attached hydrogens (tertiary/aromatic N) is 3. The van der Waals surface area contributed by atoms with Crippen LogP contribution >= 0.6 is 0 Å². The fourth-order valence-electron chi connectivity index (χ4n) is 3.40. The summed E-state index contributed by atoms with van der Waals surface area (Å²) in [7, 11) is 0. The Morgan fingerprint density at radius 3 is 2.88 bits per heavy atom. The number of imidazole rings is 1. The molecule has 3 aromatic rings. The van der Waals surface area contributed by atoms with Gasteiger partial charge >= 0.3 is 0 Å². The SMILES string of the molecule is N#Cc1ccc(CN2CCC[C@H]2c2nc3ccc(F)cc3[nH]2)cc1. The second kappa shape index (κ2) is 6.06. The molecule has 1 aliphatic heterocycles. The van der Waals surface area contributed by atoms with Gasteiger partial charge in [-0.3, -0.25) is 4.90 Å². The Morgan fingerprint density at radius 1 is 1.25 bits per heavy atom. The Kier molecular flexibility index (Phi) is 3.75. The molecule has 2 aromatic carbocycles. The van der Waals surface area contributed by atoms with Gasteiger partial charge in [0.1, 0.15) is 11.6 Å². The van der Waals surface area contributed by atoms with Crippen LogP contribution in [-0.4, -0.2) is 21.4 Å². The monoisotopic (exact) mass is 320 g/mol. The zero-order valence-electron chi connectivity index (χ0n) is 13.2. The normalized spacial score (nSPS) is 18.1. The van der Waals surface area contributed by atoms with Crippen molar-refractivity contribution >= 4 is 11.0 Å². The molecular weight excluding hydrogens is 303 g/mol. The van der Waals surface area contributed by atoms with Gasteiger partial charge in [0.05, 0.1) is 28.7 Å². The molecule has 0 bridgehead atoms. The standard InChI is InChI=1S/C19H17FN4/c20-15-7-8-16-17(10-15)23-19(22-16)18-2-1-9-24(18)12-14-5-3-13(11-21)4-6-14/h3-8,10,18H,1-2,9,12H2,(H,22,23)/t18-/m0/s1. The summed E-state index contributed by atoms with van der Waals surface area (Å²) in [4.78, 5) is 10.3. The number of nitrogens with one attached hydrogen (secondary N) is 1. The molecule has 1 aromatic heterocycles. The van der Waals surface area contributed by atoms with Crippen LogP contribution in [0.1, 0.15) is 35.8 Å². The molecule has 0 amide bonds. The summed E-state index contributed by atoms with van der Waals surface area (Å²) in [6, 6.07) is 14.7. The summed E-state index contributed by atoms with van der Waals surface area (Å²) < 4.78 is 13.4. The molecule has 4 nitrogen and oxygen atoms in total. The predicted molar refractivity (Wildman–Crippen MR) is 89.6 cm³/mol. The fourth-order valence-corrected chi connectivity index (χ4v) is 3.40. The molecule has 2 heterocycles. The van der Waals surface area contributed by atoms with E-state index in [2.05, 4.69) is 20.9 Å². The number of rotatable bonds is 3. The average molecular weight is 320 g/mol. The van der Waals surface area contributed by atoms with Crippen LogP contribution in [0.25, 0.3) is 11.0 Å². The van der Waals surface area contributed by atoms with Gasteiger partial charge in [0.15, 0.2) is 0 Å². The quantitative estimate of drug-likeness (QED) is 0.796. The molecule has 1 saturated heterocycles. The van der Waals surface area contributed by atoms with E-state index in [1.165, 1.54) is 17.7 Å². The van der Waals surface area contributed by atoms with Crippen molar-refractivity contribution in [2.24, 2.45) is 0 Å². The molecule has 0 spiro atoms. The molecule has 0 saturated carbocycles. The van der Waals surface area contributed by atoms with E-state index in [1.807, 2.05) is 24.3 Å². The average Bonchev–Trinajstić information content (AvgIpc) is 3.21. The minimum atomic E-state index is -0.251. The zero-order valence-corrected chi connectivity index (χ0v) is 13.2. The van der Waals surface area contributed by atoms with E-state index in [1.54, 1.807) is 6.07 Å². The van der Waals surface area contributed by atoms with E-state index in [0.29, 0.717) is 5.56 Å². The molecule has 24 heavy (non-hydrogen) atoms. The number of benzene rings is 2. The lowest BCUT2D eigenvalue weighted by molar-refractivity contribution is 0.241. The Balaban J connectivity index is 1.58. The highest BCUT2D eigenvalue weighted by Crippen LogP contribution is 2.32. The molecule has 120 valence electrons. The van der Waals surface area contributed by atoms with Gasteiger partial charge in [-0.15, -0.1) is 0 Å². The zero-order chi connectivity index (χ0) is 16.5. The maximum Gasteiger partial charge on any atom is 0.125 e. The lowest BCUT2D eigenvalue weighted by Gasteiger charge is -2.22. The van der Waals surface area contributed by atoms with Gasteiger partial charge < -0.3 is 4.98 Å². The van der Waals surface area contributed by atoms with Crippen LogP contribution in [0.2, 0.25) is 0 Å². The maximum absolute atomic E-state index is 13.4. The van der Waals surface area contributed by atoms with E-state index < -0.39 is 0 Å². The highest BCUT2D eigenvalue weighted by molar-refractivity contribution is 5.75. The van der Waals surface area contributed by atoms with Gasteiger partial charge in [-0.2, -0.15) is 5.26 Å². The number of aromatic amines is 1. The third-order valence-corrected chi connectivity index (χ3v) is 4.61. The summed E-state index contributed by atoms with van der Waals surface area (Å²) >= 11 is 0. The largest absolute Gasteiger partial charge is 0.341 e. The number of halogens is 1. The molecule has 1 atom stereocenters. The van der Waals surface area contributed by atoms with Crippen LogP contribution in [-0.2, 0) is 6.54 Å². The van der Waals surface area contributed by atoms with Gasteiger partial charge in [0.25, 0.3) is 0 Å². The number of nitriles is 1. The number of fused-ring (bicyclic) bond motifs is 1. The molecule has 0 aliphatic carbocycles. The third-order valence-electron chi connectivity index (χ3n) is 4.61. The lowest BCUT2D eigenvalue weighted by atomic mass is 10.1. The van der Waals surface area contributed by atoms with E-state index in [-0.39, 0.29) is 11.9 Å². The minimum absolute atomic E-state index is 0.219. The first kappa shape index (κ1) is 14.9. The van der Waals surface area contributed by atoms with E-state index >= 15 is 0 Å². The number of H-pyrrole nitrogens is 1. The van der Waals surface area contributed by atoms with Gasteiger partial charge in [-0.1, -0.05) is 12.1 Å². The van der Waals surface area contributed by atoms with Crippen LogP contribution in [0.15, 0.2) is 42.5 Å². The Morgan fingerprint density at radius 2 is 2.08 bits per heavy atom. The van der Waals surface area contributed by atoms with Gasteiger partial charge in [-0.05, 0) is 55.3 Å². The van der Waals surface area contributed by atoms with E-state index in [4.69, 9.17) is 5.26 Å². The first-order valence-electron chi connectivity index (χ1n) is 8.11. The summed E-state index contributed by atoms with van der Waals surface area (Å²) in [6.45, 7) is 1.83. The molecule has 0 unspecified atom stereocenters. The Hall–Kier alpha value is -2.71. The first-order chi connectivity index (χ1) is 11.7. The molecule has 4 rings (SSSR count). The second-order valence-corrected chi connectivity index (χ2v) is 6.22. The van der Waals surface area contributed by atoms with Gasteiger partial charge in [0.2, 0.25) is 0 Å². The van der Waals surface area contributed by atoms with Crippen molar-refractivity contribution in [3.05, 3.63) is 65.2 Å². The molecule has 0 radical (unpaired) electrons. The van der Waals surface area contributed by atoms with Crippen LogP contribution in [0.5, 0.6) is 0 Å². The first-order valence-corrected chi connectivity index (χ1v) is 8.11. The van der Waals surface area contributed by atoms with Crippen molar-refractivity contribution in [1.29, 1.82) is 5.26 Å². The van der Waals surface area contributed by atoms with Crippen molar-refractivity contribution in [1.82, 2.24) is 14.9 Å². The summed E-state index contributed by atoms with van der Waals surface area (Å²) in [5, 5.41) is 8.89. The number of hydrogen-bond donors (Lipinski definition) is 1. The third kappa shape index (κ3) is 2.77. The second-order valence-electron chi connectivity index (χ2n) is 6.22. The van der Waals surface area contributed by atoms with Crippen LogP contribution < -0.4 is 0 Å². The smallest absolute Gasteiger partial charge is 0.125 e. The fraction of sp³-hybridized carbons (Fsp3) is 0.263. The number of aromatic nitrogens is 2. The van der Waals surface area contributed by atoms with Crippen molar-refractivity contribution in [3.8, 4) is 6.07 Å². The predicted octanol–water partition coefficient (Wildman–Crippen LogP) is 3.91. The van der Waals surface area contributed by atoms with Crippen LogP contribution in [0.3, 0.4) is 0 Å². The lowest BCUT2D eigenvalue weighted by Crippen LogP contribution is -2.23. The van der Waals surface area contributed by atoms with Crippen molar-refractivity contribution in [2.45, 2.75) is 25.4 Å². The molecular formula is C19H17FN4. The van der Waals surface area contributed by atoms with Crippen LogP contribution in [0, 0.1) is 17.1 Å². The van der Waals surface area contributed by atoms with Crippen molar-refractivity contribution in [3.63, 3.8) is 0 Å². The van der Waals surface area contributed by atoms with Crippen molar-refractivity contribution < 1.29 is 4.39 Å². The summed E-state index contributed by atoms with van der Waals surface area (Å²) in [5.74, 6) is 0.653. The van der Waals surface area contributed by atoms with E-state index in [9.17, 15) is 4.39 Å². The molecule has 1 aliphatic rings. The Bertz CT molecular complexity index is 907. The number of likely N-dealkylation sites (tertiary alicyclic amines) is 1. The minimum Gasteiger partial charge on any atom is -0.341 e. The highest BCUT2D eigenvalue weighted by Gasteiger charge is 2.28. The highest BCUT2D eigenvalue weighted by atomic mass is 19.1. The molecule has 5 heteroatoms. The molecule has 1 N–H and O–H groups in total. The summed E-state index contributed by atoms with van der Waals surface area (Å²) in [5.41, 5.74) is 3.41.